The Kier molecular flexibility index (Phi) is 6.84. The van der Waals surface area contributed by atoms with Crippen LogP contribution >= 0.6 is 0 Å². The fourth-order valence-corrected chi connectivity index (χ4v) is 3.25. The molecule has 1 aromatic carbocycles. The highest BCUT2D eigenvalue weighted by molar-refractivity contribution is 6.02. The van der Waals surface area contributed by atoms with E-state index < -0.39 is 0 Å². The van der Waals surface area contributed by atoms with Gasteiger partial charge in [-0.15, -0.1) is 0 Å². The highest BCUT2D eigenvalue weighted by Crippen LogP contribution is 2.23. The number of benzene rings is 1. The second-order valence-electron chi connectivity index (χ2n) is 6.96. The van der Waals surface area contributed by atoms with Gasteiger partial charge in [-0.05, 0) is 42.7 Å². The highest BCUT2D eigenvalue weighted by atomic mass is 16.3. The van der Waals surface area contributed by atoms with Crippen molar-refractivity contribution in [3.63, 3.8) is 0 Å². The summed E-state index contributed by atoms with van der Waals surface area (Å²) in [6.45, 7) is 0.344. The molecule has 0 bridgehead atoms. The van der Waals surface area contributed by atoms with Crippen LogP contribution in [0.4, 0.5) is 5.69 Å². The summed E-state index contributed by atoms with van der Waals surface area (Å²) < 4.78 is 5.05. The lowest BCUT2D eigenvalue weighted by Crippen LogP contribution is -2.39. The van der Waals surface area contributed by atoms with Crippen molar-refractivity contribution in [1.82, 2.24) is 10.6 Å². The van der Waals surface area contributed by atoms with Crippen molar-refractivity contribution in [1.29, 1.82) is 0 Å². The predicted octanol–water partition coefficient (Wildman–Crippen LogP) is 2.84. The van der Waals surface area contributed by atoms with Gasteiger partial charge in [0, 0.05) is 18.2 Å². The van der Waals surface area contributed by atoms with Gasteiger partial charge in [0.05, 0.1) is 12.8 Å². The Balaban J connectivity index is 1.38. The van der Waals surface area contributed by atoms with E-state index in [4.69, 9.17) is 4.42 Å². The van der Waals surface area contributed by atoms with Crippen molar-refractivity contribution in [3.8, 4) is 0 Å². The maximum Gasteiger partial charge on any atom is 0.291 e. The van der Waals surface area contributed by atoms with Crippen molar-refractivity contribution in [2.24, 2.45) is 5.92 Å². The van der Waals surface area contributed by atoms with Gasteiger partial charge < -0.3 is 20.4 Å². The third-order valence-electron chi connectivity index (χ3n) is 4.85. The van der Waals surface area contributed by atoms with E-state index in [1.54, 1.807) is 24.3 Å². The van der Waals surface area contributed by atoms with Gasteiger partial charge in [-0.1, -0.05) is 31.4 Å². The number of rotatable bonds is 7. The van der Waals surface area contributed by atoms with E-state index in [1.807, 2.05) is 12.1 Å². The SMILES string of the molecule is O=C(CNC(=O)C1CCCCC1)NCc1ccc(NC(=O)c2ccco2)cc1. The van der Waals surface area contributed by atoms with Crippen LogP contribution in [0.5, 0.6) is 0 Å². The second kappa shape index (κ2) is 9.73. The van der Waals surface area contributed by atoms with Crippen LogP contribution in [0.25, 0.3) is 0 Å². The topological polar surface area (TPSA) is 100 Å². The number of furan rings is 1. The zero-order valence-corrected chi connectivity index (χ0v) is 15.7. The molecular weight excluding hydrogens is 358 g/mol. The lowest BCUT2D eigenvalue weighted by Gasteiger charge is -2.20. The van der Waals surface area contributed by atoms with E-state index in [0.717, 1.165) is 31.2 Å². The Morgan fingerprint density at radius 2 is 1.71 bits per heavy atom. The molecule has 3 N–H and O–H groups in total. The smallest absolute Gasteiger partial charge is 0.291 e. The van der Waals surface area contributed by atoms with Gasteiger partial charge in [-0.3, -0.25) is 14.4 Å². The van der Waals surface area contributed by atoms with Gasteiger partial charge >= 0.3 is 0 Å². The number of hydrogen-bond acceptors (Lipinski definition) is 4. The molecule has 0 radical (unpaired) electrons. The zero-order valence-electron chi connectivity index (χ0n) is 15.7. The van der Waals surface area contributed by atoms with Gasteiger partial charge in [0.25, 0.3) is 5.91 Å². The molecule has 1 aromatic heterocycles. The Morgan fingerprint density at radius 3 is 2.39 bits per heavy atom. The molecule has 1 heterocycles. The summed E-state index contributed by atoms with van der Waals surface area (Å²) in [6, 6.07) is 10.4. The molecule has 0 unspecified atom stereocenters. The molecule has 148 valence electrons. The van der Waals surface area contributed by atoms with E-state index in [1.165, 1.54) is 12.7 Å². The third kappa shape index (κ3) is 5.70. The van der Waals surface area contributed by atoms with E-state index in [0.29, 0.717) is 12.2 Å². The van der Waals surface area contributed by atoms with Crippen molar-refractivity contribution < 1.29 is 18.8 Å². The number of carbonyl (C=O) groups excluding carboxylic acids is 3. The van der Waals surface area contributed by atoms with Crippen LogP contribution in [-0.2, 0) is 16.1 Å². The molecule has 1 aliphatic carbocycles. The van der Waals surface area contributed by atoms with Gasteiger partial charge in [0.1, 0.15) is 0 Å². The molecular formula is C21H25N3O4. The Hall–Kier alpha value is -3.09. The monoisotopic (exact) mass is 383 g/mol. The van der Waals surface area contributed by atoms with Crippen LogP contribution in [0.3, 0.4) is 0 Å². The molecule has 3 rings (SSSR count). The first-order valence-corrected chi connectivity index (χ1v) is 9.60. The molecule has 7 heteroatoms. The molecule has 2 aromatic rings. The number of hydrogen-bond donors (Lipinski definition) is 3. The summed E-state index contributed by atoms with van der Waals surface area (Å²) in [6.07, 6.45) is 6.63. The minimum atomic E-state index is -0.320. The first-order chi connectivity index (χ1) is 13.6. The molecule has 0 aliphatic heterocycles. The minimum Gasteiger partial charge on any atom is -0.459 e. The standard InChI is InChI=1S/C21H25N3O4/c25-19(14-23-20(26)16-5-2-1-3-6-16)22-13-15-8-10-17(11-9-15)24-21(27)18-7-4-12-28-18/h4,7-12,16H,1-3,5-6,13-14H2,(H,22,25)(H,23,26)(H,24,27). The van der Waals surface area contributed by atoms with Crippen LogP contribution < -0.4 is 16.0 Å². The molecule has 1 saturated carbocycles. The third-order valence-corrected chi connectivity index (χ3v) is 4.85. The quantitative estimate of drug-likeness (QED) is 0.684. The van der Waals surface area contributed by atoms with Gasteiger partial charge in [0.15, 0.2) is 5.76 Å². The number of anilines is 1. The van der Waals surface area contributed by atoms with Gasteiger partial charge in [-0.2, -0.15) is 0 Å². The average Bonchev–Trinajstić information content (AvgIpc) is 3.27. The van der Waals surface area contributed by atoms with Crippen LogP contribution in [0, 0.1) is 5.92 Å². The first kappa shape index (κ1) is 19.7. The van der Waals surface area contributed by atoms with E-state index in [9.17, 15) is 14.4 Å². The average molecular weight is 383 g/mol. The van der Waals surface area contributed by atoms with Crippen LogP contribution in [0.2, 0.25) is 0 Å². The fraction of sp³-hybridized carbons (Fsp3) is 0.381. The molecule has 0 spiro atoms. The van der Waals surface area contributed by atoms with Crippen molar-refractivity contribution in [2.75, 3.05) is 11.9 Å². The molecule has 1 aliphatic rings. The lowest BCUT2D eigenvalue weighted by molar-refractivity contribution is -0.129. The van der Waals surface area contributed by atoms with Crippen LogP contribution in [0.15, 0.2) is 47.1 Å². The Morgan fingerprint density at radius 1 is 0.964 bits per heavy atom. The first-order valence-electron chi connectivity index (χ1n) is 9.60. The summed E-state index contributed by atoms with van der Waals surface area (Å²) in [7, 11) is 0. The van der Waals surface area contributed by atoms with E-state index in [2.05, 4.69) is 16.0 Å². The van der Waals surface area contributed by atoms with Crippen LogP contribution in [-0.4, -0.2) is 24.3 Å². The molecule has 0 atom stereocenters. The van der Waals surface area contributed by atoms with E-state index >= 15 is 0 Å². The van der Waals surface area contributed by atoms with Gasteiger partial charge in [0.2, 0.25) is 11.8 Å². The summed E-state index contributed by atoms with van der Waals surface area (Å²) >= 11 is 0. The largest absolute Gasteiger partial charge is 0.459 e. The minimum absolute atomic E-state index is 0.00732. The summed E-state index contributed by atoms with van der Waals surface area (Å²) in [4.78, 5) is 35.9. The Labute approximate surface area is 163 Å². The number of amides is 3. The van der Waals surface area contributed by atoms with Crippen molar-refractivity contribution in [2.45, 2.75) is 38.6 Å². The lowest BCUT2D eigenvalue weighted by atomic mass is 9.89. The molecule has 0 saturated heterocycles. The zero-order chi connectivity index (χ0) is 19.8. The summed E-state index contributed by atoms with van der Waals surface area (Å²) in [5, 5.41) is 8.24. The molecule has 1 fully saturated rings. The Bertz CT molecular complexity index is 794. The number of nitrogens with one attached hydrogen (secondary N) is 3. The maximum atomic E-state index is 12.1. The van der Waals surface area contributed by atoms with E-state index in [-0.39, 0.29) is 35.9 Å². The number of carbonyl (C=O) groups is 3. The highest BCUT2D eigenvalue weighted by Gasteiger charge is 2.21. The maximum absolute atomic E-state index is 12.1. The van der Waals surface area contributed by atoms with Gasteiger partial charge in [-0.25, -0.2) is 0 Å². The predicted molar refractivity (Wildman–Crippen MR) is 105 cm³/mol. The van der Waals surface area contributed by atoms with Crippen molar-refractivity contribution in [3.05, 3.63) is 54.0 Å². The van der Waals surface area contributed by atoms with Crippen molar-refractivity contribution >= 4 is 23.4 Å². The molecule has 28 heavy (non-hydrogen) atoms. The normalized spacial score (nSPS) is 14.3. The molecule has 7 nitrogen and oxygen atoms in total. The van der Waals surface area contributed by atoms with Crippen LogP contribution in [0.1, 0.15) is 48.2 Å². The summed E-state index contributed by atoms with van der Waals surface area (Å²) in [5.74, 6) is -0.275. The second-order valence-corrected chi connectivity index (χ2v) is 6.96. The fourth-order valence-electron chi connectivity index (χ4n) is 3.25. The summed E-state index contributed by atoms with van der Waals surface area (Å²) in [5.41, 5.74) is 1.53. The molecule has 3 amide bonds.